The van der Waals surface area contributed by atoms with E-state index < -0.39 is 0 Å². The molecule has 0 unspecified atom stereocenters. The summed E-state index contributed by atoms with van der Waals surface area (Å²) in [5, 5.41) is 0. The number of aryl methyl sites for hydroxylation is 1. The summed E-state index contributed by atoms with van der Waals surface area (Å²) in [7, 11) is 2.12. The second-order valence-electron chi connectivity index (χ2n) is 8.41. The Hall–Kier alpha value is -3.37. The smallest absolute Gasteiger partial charge is 0.122 e. The van der Waals surface area contributed by atoms with Crippen molar-refractivity contribution in [1.29, 1.82) is 0 Å². The van der Waals surface area contributed by atoms with E-state index in [4.69, 9.17) is 15.0 Å². The number of imidazole rings is 1. The molecule has 1 N–H and O–H groups in total. The molecule has 0 saturated heterocycles. The lowest BCUT2D eigenvalue weighted by Gasteiger charge is -2.22. The van der Waals surface area contributed by atoms with Crippen LogP contribution in [0.4, 0.5) is 5.69 Å². The second kappa shape index (κ2) is 10.5. The average Bonchev–Trinajstić information content (AvgIpc) is 3.31. The summed E-state index contributed by atoms with van der Waals surface area (Å²) in [6.07, 6.45) is 1.78. The van der Waals surface area contributed by atoms with Gasteiger partial charge in [-0.1, -0.05) is 24.3 Å². The van der Waals surface area contributed by atoms with E-state index in [0.29, 0.717) is 6.54 Å². The molecule has 4 heterocycles. The van der Waals surface area contributed by atoms with Crippen LogP contribution in [0.25, 0.3) is 33.8 Å². The number of para-hydroxylation sites is 1. The quantitative estimate of drug-likeness (QED) is 0.190. The Balaban J connectivity index is 1.41. The molecule has 0 bridgehead atoms. The van der Waals surface area contributed by atoms with Crippen LogP contribution in [-0.2, 0) is 6.54 Å². The van der Waals surface area contributed by atoms with Gasteiger partial charge in [-0.2, -0.15) is 0 Å². The van der Waals surface area contributed by atoms with E-state index >= 15 is 0 Å². The van der Waals surface area contributed by atoms with Crippen molar-refractivity contribution in [2.24, 2.45) is 0 Å². The average molecular weight is 575 g/mol. The topological polar surface area (TPSA) is 73.8 Å². The maximum atomic E-state index is 4.97. The molecule has 7 nitrogen and oxygen atoms in total. The molecule has 1 aromatic carbocycles. The van der Waals surface area contributed by atoms with E-state index in [-0.39, 0.29) is 0 Å². The van der Waals surface area contributed by atoms with Crippen molar-refractivity contribution in [2.45, 2.75) is 13.5 Å². The maximum absolute atomic E-state index is 4.97. The number of fused-ring (bicyclic) bond motifs is 1. The second-order valence-corrected chi connectivity index (χ2v) is 9.78. The first-order chi connectivity index (χ1) is 17.1. The first kappa shape index (κ1) is 23.4. The van der Waals surface area contributed by atoms with Gasteiger partial charge in [0.2, 0.25) is 0 Å². The number of benzene rings is 1. The van der Waals surface area contributed by atoms with Crippen LogP contribution < -0.4 is 4.90 Å². The van der Waals surface area contributed by atoms with Gasteiger partial charge in [-0.15, -0.1) is 0 Å². The Morgan fingerprint density at radius 3 is 2.49 bits per heavy atom. The number of halogens is 1. The molecule has 0 aliphatic rings. The summed E-state index contributed by atoms with van der Waals surface area (Å²) in [4.78, 5) is 24.8. The van der Waals surface area contributed by atoms with Gasteiger partial charge in [0.15, 0.2) is 0 Å². The molecular formula is C27H26IN7. The van der Waals surface area contributed by atoms with Gasteiger partial charge in [-0.25, -0.2) is 13.1 Å². The third-order valence-corrected chi connectivity index (χ3v) is 6.62. The highest BCUT2D eigenvalue weighted by molar-refractivity contribution is 14.1. The van der Waals surface area contributed by atoms with Crippen molar-refractivity contribution < 1.29 is 0 Å². The third kappa shape index (κ3) is 5.49. The van der Waals surface area contributed by atoms with Crippen molar-refractivity contribution in [3.05, 3.63) is 90.5 Å². The number of hydrogen-bond donors (Lipinski definition) is 1. The Labute approximate surface area is 218 Å². The molecule has 5 rings (SSSR count). The van der Waals surface area contributed by atoms with E-state index in [0.717, 1.165) is 58.4 Å². The lowest BCUT2D eigenvalue weighted by molar-refractivity contribution is 0.498. The van der Waals surface area contributed by atoms with Crippen LogP contribution in [0.2, 0.25) is 0 Å². The van der Waals surface area contributed by atoms with Crippen LogP contribution >= 0.6 is 22.9 Å². The van der Waals surface area contributed by atoms with Crippen molar-refractivity contribution in [3.63, 3.8) is 0 Å². The highest BCUT2D eigenvalue weighted by Crippen LogP contribution is 2.29. The number of aromatic nitrogens is 5. The standard InChI is InChI=1S/C27H26IN7/c1-19-8-6-11-23(30-19)26-27(24-14-13-21-22(31-24)12-7-15-29-21)33-25(32-26)18-35(28)17-16-34(2)20-9-4-3-5-10-20/h3-15H,16-18H2,1-2H3,(H,32,33). The maximum Gasteiger partial charge on any atom is 0.122 e. The fourth-order valence-corrected chi connectivity index (χ4v) is 4.49. The summed E-state index contributed by atoms with van der Waals surface area (Å²) >= 11 is 2.37. The number of pyridine rings is 3. The number of hydrogen-bond acceptors (Lipinski definition) is 6. The lowest BCUT2D eigenvalue weighted by Crippen LogP contribution is -2.27. The van der Waals surface area contributed by atoms with Gasteiger partial charge in [0, 0.05) is 60.6 Å². The summed E-state index contributed by atoms with van der Waals surface area (Å²) in [6, 6.07) is 24.3. The largest absolute Gasteiger partial charge is 0.373 e. The number of likely N-dealkylation sites (N-methyl/N-ethyl adjacent to an activating group) is 1. The van der Waals surface area contributed by atoms with E-state index in [1.165, 1.54) is 5.69 Å². The first-order valence-electron chi connectivity index (χ1n) is 11.5. The molecule has 0 amide bonds. The molecule has 0 aliphatic carbocycles. The van der Waals surface area contributed by atoms with Crippen molar-refractivity contribution in [1.82, 2.24) is 28.0 Å². The molecule has 8 heteroatoms. The molecule has 5 aromatic rings. The summed E-state index contributed by atoms with van der Waals surface area (Å²) in [5.74, 6) is 0.878. The van der Waals surface area contributed by atoms with Gasteiger partial charge in [0.05, 0.1) is 34.7 Å². The summed E-state index contributed by atoms with van der Waals surface area (Å²) in [5.41, 5.74) is 7.22. The van der Waals surface area contributed by atoms with Gasteiger partial charge >= 0.3 is 0 Å². The van der Waals surface area contributed by atoms with Crippen molar-refractivity contribution >= 4 is 39.6 Å². The van der Waals surface area contributed by atoms with E-state index in [1.807, 2.05) is 55.5 Å². The fraction of sp³-hybridized carbons (Fsp3) is 0.185. The lowest BCUT2D eigenvalue weighted by atomic mass is 10.1. The molecule has 4 aromatic heterocycles. The number of anilines is 1. The van der Waals surface area contributed by atoms with Crippen LogP contribution in [0.1, 0.15) is 11.5 Å². The number of nitrogens with one attached hydrogen (secondary N) is 1. The van der Waals surface area contributed by atoms with Crippen LogP contribution in [0.3, 0.4) is 0 Å². The van der Waals surface area contributed by atoms with Crippen molar-refractivity contribution in [3.8, 4) is 22.8 Å². The molecule has 0 atom stereocenters. The molecule has 35 heavy (non-hydrogen) atoms. The molecule has 0 spiro atoms. The first-order valence-corrected chi connectivity index (χ1v) is 12.5. The highest BCUT2D eigenvalue weighted by Gasteiger charge is 2.18. The minimum atomic E-state index is 0.678. The summed E-state index contributed by atoms with van der Waals surface area (Å²) < 4.78 is 2.24. The predicted octanol–water partition coefficient (Wildman–Crippen LogP) is 5.68. The Bertz CT molecular complexity index is 1430. The van der Waals surface area contributed by atoms with Crippen LogP contribution in [0.15, 0.2) is 79.0 Å². The van der Waals surface area contributed by atoms with E-state index in [9.17, 15) is 0 Å². The Kier molecular flexibility index (Phi) is 7.01. The minimum absolute atomic E-state index is 0.678. The number of aromatic amines is 1. The zero-order valence-corrected chi connectivity index (χ0v) is 21.8. The fourth-order valence-electron chi connectivity index (χ4n) is 3.95. The van der Waals surface area contributed by atoms with Crippen LogP contribution in [0, 0.1) is 6.92 Å². The predicted molar refractivity (Wildman–Crippen MR) is 149 cm³/mol. The SMILES string of the molecule is Cc1cccc(-c2nc(CN(I)CCN(C)c3ccccc3)[nH]c2-c2ccc3ncccc3n2)n1. The van der Waals surface area contributed by atoms with E-state index in [1.54, 1.807) is 6.20 Å². The highest BCUT2D eigenvalue weighted by atomic mass is 127. The third-order valence-electron chi connectivity index (χ3n) is 5.79. The van der Waals surface area contributed by atoms with Gasteiger partial charge in [0.25, 0.3) is 0 Å². The summed E-state index contributed by atoms with van der Waals surface area (Å²) in [6.45, 7) is 4.47. The minimum Gasteiger partial charge on any atom is -0.373 e. The van der Waals surface area contributed by atoms with Gasteiger partial charge in [-0.3, -0.25) is 9.97 Å². The number of rotatable bonds is 8. The van der Waals surface area contributed by atoms with Crippen LogP contribution in [-0.4, -0.2) is 48.2 Å². The van der Waals surface area contributed by atoms with Crippen LogP contribution in [0.5, 0.6) is 0 Å². The normalized spacial score (nSPS) is 11.3. The monoisotopic (exact) mass is 575 g/mol. The molecule has 0 saturated carbocycles. The molecule has 0 radical (unpaired) electrons. The van der Waals surface area contributed by atoms with Gasteiger partial charge < -0.3 is 9.88 Å². The molecule has 0 fully saturated rings. The van der Waals surface area contributed by atoms with Gasteiger partial charge in [0.1, 0.15) is 11.5 Å². The van der Waals surface area contributed by atoms with Gasteiger partial charge in [-0.05, 0) is 55.5 Å². The zero-order valence-electron chi connectivity index (χ0n) is 19.7. The molecule has 176 valence electrons. The Morgan fingerprint density at radius 1 is 0.800 bits per heavy atom. The molecular weight excluding hydrogens is 549 g/mol. The van der Waals surface area contributed by atoms with Crippen molar-refractivity contribution in [2.75, 3.05) is 25.0 Å². The van der Waals surface area contributed by atoms with E-state index in [2.05, 4.69) is 72.2 Å². The Morgan fingerprint density at radius 2 is 1.66 bits per heavy atom. The number of H-pyrrole nitrogens is 1. The number of nitrogens with zero attached hydrogens (tertiary/aromatic N) is 6. The zero-order chi connectivity index (χ0) is 24.2. The molecule has 0 aliphatic heterocycles.